The van der Waals surface area contributed by atoms with E-state index in [4.69, 9.17) is 5.11 Å². The number of amides is 1. The molecule has 2 unspecified atom stereocenters. The van der Waals surface area contributed by atoms with Gasteiger partial charge in [0.25, 0.3) is 5.91 Å². The Morgan fingerprint density at radius 1 is 1.40 bits per heavy atom. The van der Waals surface area contributed by atoms with Crippen LogP contribution in [0.1, 0.15) is 56.1 Å². The summed E-state index contributed by atoms with van der Waals surface area (Å²) in [7, 11) is 0. The van der Waals surface area contributed by atoms with E-state index in [9.17, 15) is 9.59 Å². The van der Waals surface area contributed by atoms with Crippen LogP contribution < -0.4 is 5.32 Å². The van der Waals surface area contributed by atoms with Crippen LogP contribution in [0.15, 0.2) is 12.3 Å². The van der Waals surface area contributed by atoms with Gasteiger partial charge in [-0.25, -0.2) is 0 Å². The standard InChI is InChI=1S/C14H21N3O3/c1-9(14(19)20)10(2)16-13(18)12-7-8-15-17(12)11-5-3-4-6-11/h7-11H,3-6H2,1-2H3,(H,16,18)(H,19,20). The van der Waals surface area contributed by atoms with Crippen molar-refractivity contribution in [2.24, 2.45) is 5.92 Å². The summed E-state index contributed by atoms with van der Waals surface area (Å²) in [5.74, 6) is -1.79. The van der Waals surface area contributed by atoms with Crippen LogP contribution in [0.5, 0.6) is 0 Å². The predicted molar refractivity (Wildman–Crippen MR) is 73.5 cm³/mol. The molecule has 0 bridgehead atoms. The van der Waals surface area contributed by atoms with E-state index in [1.54, 1.807) is 30.8 Å². The first-order valence-corrected chi connectivity index (χ1v) is 7.08. The van der Waals surface area contributed by atoms with E-state index in [1.807, 2.05) is 0 Å². The van der Waals surface area contributed by atoms with E-state index < -0.39 is 17.9 Å². The zero-order chi connectivity index (χ0) is 14.7. The highest BCUT2D eigenvalue weighted by molar-refractivity contribution is 5.93. The van der Waals surface area contributed by atoms with Crippen LogP contribution in [0.25, 0.3) is 0 Å². The summed E-state index contributed by atoms with van der Waals surface area (Å²) >= 11 is 0. The quantitative estimate of drug-likeness (QED) is 0.861. The maximum Gasteiger partial charge on any atom is 0.308 e. The van der Waals surface area contributed by atoms with Crippen molar-refractivity contribution in [1.29, 1.82) is 0 Å². The molecule has 2 rings (SSSR count). The molecule has 0 aliphatic heterocycles. The topological polar surface area (TPSA) is 84.2 Å². The maximum absolute atomic E-state index is 12.3. The third kappa shape index (κ3) is 3.00. The van der Waals surface area contributed by atoms with Crippen molar-refractivity contribution in [3.63, 3.8) is 0 Å². The van der Waals surface area contributed by atoms with Gasteiger partial charge in [0.15, 0.2) is 0 Å². The first-order valence-electron chi connectivity index (χ1n) is 7.08. The van der Waals surface area contributed by atoms with Gasteiger partial charge in [-0.05, 0) is 32.8 Å². The van der Waals surface area contributed by atoms with Crippen molar-refractivity contribution < 1.29 is 14.7 Å². The molecule has 0 spiro atoms. The summed E-state index contributed by atoms with van der Waals surface area (Å²) in [5.41, 5.74) is 0.515. The van der Waals surface area contributed by atoms with Gasteiger partial charge in [-0.3, -0.25) is 14.3 Å². The highest BCUT2D eigenvalue weighted by Crippen LogP contribution is 2.29. The molecule has 2 N–H and O–H groups in total. The van der Waals surface area contributed by atoms with Crippen LogP contribution >= 0.6 is 0 Å². The summed E-state index contributed by atoms with van der Waals surface area (Å²) in [6, 6.07) is 1.55. The third-order valence-electron chi connectivity index (χ3n) is 4.07. The molecule has 1 heterocycles. The first kappa shape index (κ1) is 14.6. The van der Waals surface area contributed by atoms with Crippen LogP contribution in [0.3, 0.4) is 0 Å². The number of hydrogen-bond acceptors (Lipinski definition) is 3. The van der Waals surface area contributed by atoms with E-state index in [-0.39, 0.29) is 11.9 Å². The summed E-state index contributed by atoms with van der Waals surface area (Å²) in [5, 5.41) is 15.9. The van der Waals surface area contributed by atoms with E-state index in [2.05, 4.69) is 10.4 Å². The number of nitrogens with zero attached hydrogens (tertiary/aromatic N) is 2. The molecule has 1 saturated carbocycles. The van der Waals surface area contributed by atoms with Gasteiger partial charge < -0.3 is 10.4 Å². The zero-order valence-corrected chi connectivity index (χ0v) is 11.9. The second-order valence-corrected chi connectivity index (χ2v) is 5.49. The molecule has 1 aliphatic rings. The van der Waals surface area contributed by atoms with Gasteiger partial charge in [-0.15, -0.1) is 0 Å². The molecule has 1 aromatic heterocycles. The number of carbonyl (C=O) groups excluding carboxylic acids is 1. The minimum Gasteiger partial charge on any atom is -0.481 e. The Balaban J connectivity index is 2.06. The van der Waals surface area contributed by atoms with Gasteiger partial charge in [-0.2, -0.15) is 5.10 Å². The number of rotatable bonds is 5. The average Bonchev–Trinajstić information content (AvgIpc) is 3.07. The third-order valence-corrected chi connectivity index (χ3v) is 4.07. The van der Waals surface area contributed by atoms with Gasteiger partial charge in [-0.1, -0.05) is 12.8 Å². The first-order chi connectivity index (χ1) is 9.50. The van der Waals surface area contributed by atoms with Gasteiger partial charge in [0.2, 0.25) is 0 Å². The minimum absolute atomic E-state index is 0.255. The molecule has 1 aromatic rings. The summed E-state index contributed by atoms with van der Waals surface area (Å²) in [6.07, 6.45) is 6.04. The Morgan fingerprint density at radius 2 is 2.05 bits per heavy atom. The molecule has 20 heavy (non-hydrogen) atoms. The van der Waals surface area contributed by atoms with Gasteiger partial charge in [0.1, 0.15) is 5.69 Å². The summed E-state index contributed by atoms with van der Waals surface area (Å²) < 4.78 is 1.78. The Hall–Kier alpha value is -1.85. The highest BCUT2D eigenvalue weighted by Gasteiger charge is 2.25. The van der Waals surface area contributed by atoms with E-state index in [1.165, 1.54) is 0 Å². The SMILES string of the molecule is CC(NC(=O)c1ccnn1C1CCCC1)C(C)C(=O)O. The van der Waals surface area contributed by atoms with Crippen molar-refractivity contribution in [1.82, 2.24) is 15.1 Å². The lowest BCUT2D eigenvalue weighted by atomic mass is 10.0. The molecule has 2 atom stereocenters. The fraction of sp³-hybridized carbons (Fsp3) is 0.643. The van der Waals surface area contributed by atoms with Gasteiger partial charge in [0, 0.05) is 12.2 Å². The molecule has 6 nitrogen and oxygen atoms in total. The molecule has 0 saturated heterocycles. The highest BCUT2D eigenvalue weighted by atomic mass is 16.4. The van der Waals surface area contributed by atoms with Gasteiger partial charge in [0.05, 0.1) is 12.0 Å². The van der Waals surface area contributed by atoms with Crippen molar-refractivity contribution in [2.45, 2.75) is 51.6 Å². The van der Waals surface area contributed by atoms with Crippen molar-refractivity contribution in [3.05, 3.63) is 18.0 Å². The smallest absolute Gasteiger partial charge is 0.308 e. The Bertz CT molecular complexity index is 492. The second kappa shape index (κ2) is 6.07. The van der Waals surface area contributed by atoms with E-state index >= 15 is 0 Å². The molecule has 1 amide bonds. The monoisotopic (exact) mass is 279 g/mol. The number of carbonyl (C=O) groups is 2. The number of aromatic nitrogens is 2. The minimum atomic E-state index is -0.915. The van der Waals surface area contributed by atoms with Crippen molar-refractivity contribution in [2.75, 3.05) is 0 Å². The predicted octanol–water partition coefficient (Wildman–Crippen LogP) is 1.84. The number of aliphatic carboxylic acids is 1. The number of nitrogens with one attached hydrogen (secondary N) is 1. The fourth-order valence-corrected chi connectivity index (χ4v) is 2.55. The Labute approximate surface area is 118 Å². The lowest BCUT2D eigenvalue weighted by Gasteiger charge is -2.19. The molecular formula is C14H21N3O3. The number of carboxylic acids is 1. The van der Waals surface area contributed by atoms with Crippen LogP contribution in [0, 0.1) is 5.92 Å². The van der Waals surface area contributed by atoms with Gasteiger partial charge >= 0.3 is 5.97 Å². The summed E-state index contributed by atoms with van der Waals surface area (Å²) in [6.45, 7) is 3.29. The van der Waals surface area contributed by atoms with E-state index in [0.29, 0.717) is 5.69 Å². The Morgan fingerprint density at radius 3 is 2.65 bits per heavy atom. The van der Waals surface area contributed by atoms with Crippen molar-refractivity contribution in [3.8, 4) is 0 Å². The maximum atomic E-state index is 12.3. The van der Waals surface area contributed by atoms with Crippen molar-refractivity contribution >= 4 is 11.9 Å². The molecule has 0 aromatic carbocycles. The van der Waals surface area contributed by atoms with Crippen LogP contribution in [0.2, 0.25) is 0 Å². The molecular weight excluding hydrogens is 258 g/mol. The summed E-state index contributed by atoms with van der Waals surface area (Å²) in [4.78, 5) is 23.2. The molecule has 6 heteroatoms. The average molecular weight is 279 g/mol. The number of hydrogen-bond donors (Lipinski definition) is 2. The van der Waals surface area contributed by atoms with Crippen LogP contribution in [-0.2, 0) is 4.79 Å². The lowest BCUT2D eigenvalue weighted by molar-refractivity contribution is -0.141. The largest absolute Gasteiger partial charge is 0.481 e. The normalized spacial score (nSPS) is 18.7. The molecule has 0 radical (unpaired) electrons. The van der Waals surface area contributed by atoms with E-state index in [0.717, 1.165) is 25.7 Å². The Kier molecular flexibility index (Phi) is 4.42. The number of carboxylic acid groups (broad SMARTS) is 1. The molecule has 1 aliphatic carbocycles. The fourth-order valence-electron chi connectivity index (χ4n) is 2.55. The van der Waals surface area contributed by atoms with Crippen LogP contribution in [-0.4, -0.2) is 32.8 Å². The molecule has 1 fully saturated rings. The molecule has 110 valence electrons. The lowest BCUT2D eigenvalue weighted by Crippen LogP contribution is -2.41. The second-order valence-electron chi connectivity index (χ2n) is 5.49. The zero-order valence-electron chi connectivity index (χ0n) is 11.9. The van der Waals surface area contributed by atoms with Crippen LogP contribution in [0.4, 0.5) is 0 Å².